The average Bonchev–Trinajstić information content (AvgIpc) is 2.91. The Bertz CT molecular complexity index is 769. The number of rotatable bonds is 2. The van der Waals surface area contributed by atoms with Crippen LogP contribution in [0.5, 0.6) is 0 Å². The Morgan fingerprint density at radius 1 is 1.10 bits per heavy atom. The summed E-state index contributed by atoms with van der Waals surface area (Å²) in [6.45, 7) is 0. The Morgan fingerprint density at radius 2 is 1.95 bits per heavy atom. The number of aromatic nitrogens is 4. The van der Waals surface area contributed by atoms with Gasteiger partial charge in [-0.05, 0) is 24.3 Å². The second kappa shape index (κ2) is 5.11. The van der Waals surface area contributed by atoms with Crippen molar-refractivity contribution in [1.82, 2.24) is 19.7 Å². The van der Waals surface area contributed by atoms with Gasteiger partial charge in [0.05, 0.1) is 21.3 Å². The lowest BCUT2D eigenvalue weighted by Crippen LogP contribution is -2.01. The van der Waals surface area contributed by atoms with Crippen molar-refractivity contribution in [2.24, 2.45) is 0 Å². The van der Waals surface area contributed by atoms with Crippen LogP contribution in [-0.4, -0.2) is 19.7 Å². The molecule has 0 fully saturated rings. The van der Waals surface area contributed by atoms with Crippen molar-refractivity contribution in [2.75, 3.05) is 5.73 Å². The molecule has 0 saturated heterocycles. The first-order valence-electron chi connectivity index (χ1n) is 5.74. The lowest BCUT2D eigenvalue weighted by Gasteiger charge is -2.10. The molecule has 5 nitrogen and oxygen atoms in total. The lowest BCUT2D eigenvalue weighted by molar-refractivity contribution is 1.06. The minimum atomic E-state index is 0.375. The van der Waals surface area contributed by atoms with Crippen LogP contribution in [0.1, 0.15) is 0 Å². The fourth-order valence-electron chi connectivity index (χ4n) is 1.88. The number of benzene rings is 1. The third-order valence-electron chi connectivity index (χ3n) is 2.82. The molecule has 20 heavy (non-hydrogen) atoms. The molecule has 100 valence electrons. The molecule has 1 aromatic carbocycles. The van der Waals surface area contributed by atoms with Crippen molar-refractivity contribution in [1.29, 1.82) is 0 Å². The van der Waals surface area contributed by atoms with Gasteiger partial charge in [0.1, 0.15) is 12.1 Å². The van der Waals surface area contributed by atoms with Crippen molar-refractivity contribution in [3.8, 4) is 17.1 Å². The quantitative estimate of drug-likeness (QED) is 0.789. The molecule has 0 aliphatic rings. The second-order valence-electron chi connectivity index (χ2n) is 4.03. The summed E-state index contributed by atoms with van der Waals surface area (Å²) in [7, 11) is 0. The van der Waals surface area contributed by atoms with Gasteiger partial charge in [0, 0.05) is 6.20 Å². The standard InChI is InChI=1S/C13H9Cl2N5/c14-9-4-1-5-10(11(9)15)20-7-18-19-13(20)8-3-2-6-17-12(8)16/h1-7H,(H2,16,17). The van der Waals surface area contributed by atoms with E-state index in [-0.39, 0.29) is 0 Å². The number of nitrogen functional groups attached to an aromatic ring is 1. The smallest absolute Gasteiger partial charge is 0.172 e. The SMILES string of the molecule is Nc1ncccc1-c1nncn1-c1cccc(Cl)c1Cl. The molecular formula is C13H9Cl2N5. The number of hydrogen-bond acceptors (Lipinski definition) is 4. The van der Waals surface area contributed by atoms with Gasteiger partial charge >= 0.3 is 0 Å². The van der Waals surface area contributed by atoms with Crippen LogP contribution in [0.25, 0.3) is 17.1 Å². The molecule has 0 bridgehead atoms. The summed E-state index contributed by atoms with van der Waals surface area (Å²) in [6.07, 6.45) is 3.17. The molecular weight excluding hydrogens is 297 g/mol. The first-order chi connectivity index (χ1) is 9.68. The third-order valence-corrected chi connectivity index (χ3v) is 3.63. The monoisotopic (exact) mass is 305 g/mol. The van der Waals surface area contributed by atoms with Gasteiger partial charge in [0.2, 0.25) is 0 Å². The summed E-state index contributed by atoms with van der Waals surface area (Å²) in [4.78, 5) is 4.05. The summed E-state index contributed by atoms with van der Waals surface area (Å²) in [5.74, 6) is 0.930. The highest BCUT2D eigenvalue weighted by Crippen LogP contribution is 2.31. The molecule has 2 N–H and O–H groups in total. The predicted octanol–water partition coefficient (Wildman–Crippen LogP) is 3.22. The summed E-state index contributed by atoms with van der Waals surface area (Å²) < 4.78 is 1.72. The highest BCUT2D eigenvalue weighted by atomic mass is 35.5. The van der Waals surface area contributed by atoms with E-state index < -0.39 is 0 Å². The lowest BCUT2D eigenvalue weighted by atomic mass is 10.2. The Labute approximate surface area is 125 Å². The molecule has 0 saturated carbocycles. The summed E-state index contributed by atoms with van der Waals surface area (Å²) in [5, 5.41) is 8.89. The summed E-state index contributed by atoms with van der Waals surface area (Å²) in [5.41, 5.74) is 7.24. The molecule has 0 aliphatic heterocycles. The van der Waals surface area contributed by atoms with Crippen molar-refractivity contribution < 1.29 is 0 Å². The molecule has 0 amide bonds. The third kappa shape index (κ3) is 2.11. The molecule has 3 rings (SSSR count). The maximum absolute atomic E-state index is 6.23. The minimum absolute atomic E-state index is 0.375. The van der Waals surface area contributed by atoms with Crippen LogP contribution in [0.3, 0.4) is 0 Å². The molecule has 7 heteroatoms. The molecule has 2 heterocycles. The zero-order valence-corrected chi connectivity index (χ0v) is 11.7. The number of hydrogen-bond donors (Lipinski definition) is 1. The Balaban J connectivity index is 2.21. The van der Waals surface area contributed by atoms with Gasteiger partial charge in [-0.25, -0.2) is 4.98 Å². The number of pyridine rings is 1. The minimum Gasteiger partial charge on any atom is -0.383 e. The van der Waals surface area contributed by atoms with Crippen LogP contribution < -0.4 is 5.73 Å². The van der Waals surface area contributed by atoms with Crippen molar-refractivity contribution >= 4 is 29.0 Å². The van der Waals surface area contributed by atoms with Gasteiger partial charge in [-0.3, -0.25) is 4.57 Å². The zero-order valence-electron chi connectivity index (χ0n) is 10.2. The molecule has 2 aromatic heterocycles. The molecule has 3 aromatic rings. The van der Waals surface area contributed by atoms with Gasteiger partial charge < -0.3 is 5.73 Å². The van der Waals surface area contributed by atoms with Crippen LogP contribution in [0.4, 0.5) is 5.82 Å². The van der Waals surface area contributed by atoms with Gasteiger partial charge in [-0.2, -0.15) is 0 Å². The van der Waals surface area contributed by atoms with E-state index >= 15 is 0 Å². The topological polar surface area (TPSA) is 69.6 Å². The van der Waals surface area contributed by atoms with E-state index in [2.05, 4.69) is 15.2 Å². The Morgan fingerprint density at radius 3 is 2.75 bits per heavy atom. The molecule has 0 atom stereocenters. The van der Waals surface area contributed by atoms with E-state index in [4.69, 9.17) is 28.9 Å². The average molecular weight is 306 g/mol. The van der Waals surface area contributed by atoms with E-state index in [1.807, 2.05) is 12.1 Å². The van der Waals surface area contributed by atoms with Crippen LogP contribution in [0.15, 0.2) is 42.9 Å². The van der Waals surface area contributed by atoms with Crippen molar-refractivity contribution in [2.45, 2.75) is 0 Å². The number of anilines is 1. The van der Waals surface area contributed by atoms with Crippen LogP contribution in [0.2, 0.25) is 10.0 Å². The normalized spacial score (nSPS) is 10.7. The van der Waals surface area contributed by atoms with Crippen molar-refractivity contribution in [3.63, 3.8) is 0 Å². The summed E-state index contributed by atoms with van der Waals surface area (Å²) >= 11 is 12.3. The Hall–Kier alpha value is -2.11. The summed E-state index contributed by atoms with van der Waals surface area (Å²) in [6, 6.07) is 8.95. The number of nitrogens with zero attached hydrogens (tertiary/aromatic N) is 4. The fourth-order valence-corrected chi connectivity index (χ4v) is 2.27. The second-order valence-corrected chi connectivity index (χ2v) is 4.82. The first-order valence-corrected chi connectivity index (χ1v) is 6.49. The maximum Gasteiger partial charge on any atom is 0.172 e. The van der Waals surface area contributed by atoms with E-state index in [1.54, 1.807) is 35.3 Å². The number of nitrogens with two attached hydrogens (primary N) is 1. The molecule has 0 spiro atoms. The molecule has 0 unspecified atom stereocenters. The van der Waals surface area contributed by atoms with Gasteiger partial charge in [-0.1, -0.05) is 29.3 Å². The largest absolute Gasteiger partial charge is 0.383 e. The highest BCUT2D eigenvalue weighted by Gasteiger charge is 2.15. The Kier molecular flexibility index (Phi) is 3.30. The maximum atomic E-state index is 6.23. The van der Waals surface area contributed by atoms with Crippen LogP contribution in [0, 0.1) is 0 Å². The van der Waals surface area contributed by atoms with E-state index in [9.17, 15) is 0 Å². The molecule has 0 radical (unpaired) electrons. The first kappa shape index (κ1) is 12.9. The predicted molar refractivity (Wildman–Crippen MR) is 79.0 cm³/mol. The highest BCUT2D eigenvalue weighted by molar-refractivity contribution is 6.43. The van der Waals surface area contributed by atoms with E-state index in [0.717, 1.165) is 0 Å². The van der Waals surface area contributed by atoms with Crippen LogP contribution in [-0.2, 0) is 0 Å². The molecule has 0 aliphatic carbocycles. The van der Waals surface area contributed by atoms with Gasteiger partial charge in [0.15, 0.2) is 5.82 Å². The van der Waals surface area contributed by atoms with E-state index in [0.29, 0.717) is 32.9 Å². The fraction of sp³-hybridized carbons (Fsp3) is 0. The van der Waals surface area contributed by atoms with Crippen molar-refractivity contribution in [3.05, 3.63) is 52.9 Å². The van der Waals surface area contributed by atoms with Gasteiger partial charge in [0.25, 0.3) is 0 Å². The van der Waals surface area contributed by atoms with E-state index in [1.165, 1.54) is 0 Å². The zero-order chi connectivity index (χ0) is 14.1. The number of halogens is 2. The van der Waals surface area contributed by atoms with Crippen LogP contribution >= 0.6 is 23.2 Å². The van der Waals surface area contributed by atoms with Gasteiger partial charge in [-0.15, -0.1) is 10.2 Å².